The number of aryl methyl sites for hydroxylation is 1. The largest absolute Gasteiger partial charge is 0.419 e. The van der Waals surface area contributed by atoms with Gasteiger partial charge in [-0.15, -0.1) is 0 Å². The Morgan fingerprint density at radius 1 is 1.56 bits per heavy atom. The maximum absolute atomic E-state index is 11.3. The Morgan fingerprint density at radius 3 is 3.00 bits per heavy atom. The molecule has 0 spiro atoms. The average molecular weight is 217 g/mol. The van der Waals surface area contributed by atoms with E-state index in [1.165, 1.54) is 9.47 Å². The Morgan fingerprint density at radius 2 is 2.31 bits per heavy atom. The maximum Gasteiger partial charge on any atom is 0.419 e. The molecule has 0 aliphatic heterocycles. The summed E-state index contributed by atoms with van der Waals surface area (Å²) in [6.07, 6.45) is 2.01. The van der Waals surface area contributed by atoms with Gasteiger partial charge in [0.05, 0.1) is 12.1 Å². The summed E-state index contributed by atoms with van der Waals surface area (Å²) in [6, 6.07) is 5.48. The second-order valence-electron chi connectivity index (χ2n) is 3.69. The number of nitriles is 1. The van der Waals surface area contributed by atoms with E-state index in [9.17, 15) is 4.79 Å². The summed E-state index contributed by atoms with van der Waals surface area (Å²) in [5, 5.41) is 8.66. The van der Waals surface area contributed by atoms with E-state index in [0.717, 1.165) is 11.1 Å². The van der Waals surface area contributed by atoms with Crippen LogP contribution in [-0.4, -0.2) is 16.5 Å². The fourth-order valence-electron chi connectivity index (χ4n) is 1.59. The van der Waals surface area contributed by atoms with Crippen molar-refractivity contribution in [3.8, 4) is 6.19 Å². The van der Waals surface area contributed by atoms with Crippen LogP contribution in [0.3, 0.4) is 0 Å². The van der Waals surface area contributed by atoms with E-state index < -0.39 is 0 Å². The predicted octanol–water partition coefficient (Wildman–Crippen LogP) is 1.04. The summed E-state index contributed by atoms with van der Waals surface area (Å²) in [5.74, 6) is -0.374. The first kappa shape index (κ1) is 10.3. The number of nitrogens with zero attached hydrogens (tertiary/aromatic N) is 3. The van der Waals surface area contributed by atoms with Gasteiger partial charge in [0.15, 0.2) is 11.8 Å². The van der Waals surface area contributed by atoms with E-state index in [1.54, 1.807) is 20.2 Å². The molecule has 0 aliphatic rings. The van der Waals surface area contributed by atoms with Crippen molar-refractivity contribution in [1.29, 1.82) is 5.26 Å². The zero-order valence-corrected chi connectivity index (χ0v) is 9.10. The predicted molar refractivity (Wildman–Crippen MR) is 58.5 cm³/mol. The number of hydrogen-bond acceptors (Lipinski definition) is 4. The zero-order chi connectivity index (χ0) is 11.7. The van der Waals surface area contributed by atoms with Gasteiger partial charge in [0.25, 0.3) is 0 Å². The van der Waals surface area contributed by atoms with Crippen LogP contribution in [0.2, 0.25) is 0 Å². The molecule has 1 aromatic carbocycles. The molecule has 0 aliphatic carbocycles. The molecule has 0 saturated carbocycles. The van der Waals surface area contributed by atoms with Crippen LogP contribution < -0.4 is 5.76 Å². The number of oxazole rings is 1. The molecular formula is C11H11N3O2. The van der Waals surface area contributed by atoms with Crippen molar-refractivity contribution in [2.45, 2.75) is 6.54 Å². The standard InChI is InChI=1S/C11H11N3O2/c1-13(7-12)6-8-3-4-9-10(5-8)16-11(15)14(9)2/h3-5H,6H2,1-2H3. The van der Waals surface area contributed by atoms with Gasteiger partial charge in [0.1, 0.15) is 0 Å². The summed E-state index contributed by atoms with van der Waals surface area (Å²) in [7, 11) is 3.36. The van der Waals surface area contributed by atoms with E-state index in [2.05, 4.69) is 0 Å². The topological polar surface area (TPSA) is 62.2 Å². The Labute approximate surface area is 92.1 Å². The lowest BCUT2D eigenvalue weighted by atomic mass is 10.2. The Balaban J connectivity index is 2.46. The van der Waals surface area contributed by atoms with Gasteiger partial charge in [-0.2, -0.15) is 5.26 Å². The van der Waals surface area contributed by atoms with Gasteiger partial charge in [-0.25, -0.2) is 4.79 Å². The number of fused-ring (bicyclic) bond motifs is 1. The third kappa shape index (κ3) is 1.65. The van der Waals surface area contributed by atoms with Crippen molar-refractivity contribution in [2.24, 2.45) is 7.05 Å². The lowest BCUT2D eigenvalue weighted by molar-refractivity contribution is 0.469. The highest BCUT2D eigenvalue weighted by Gasteiger charge is 2.06. The van der Waals surface area contributed by atoms with Crippen molar-refractivity contribution in [1.82, 2.24) is 9.47 Å². The monoisotopic (exact) mass is 217 g/mol. The molecule has 0 amide bonds. The van der Waals surface area contributed by atoms with Crippen LogP contribution in [0.5, 0.6) is 0 Å². The SMILES string of the molecule is CN(C#N)Cc1ccc2c(c1)oc(=O)n2C. The number of benzene rings is 1. The van der Waals surface area contributed by atoms with Crippen LogP contribution in [0.15, 0.2) is 27.4 Å². The molecule has 0 saturated heterocycles. The van der Waals surface area contributed by atoms with Gasteiger partial charge in [0, 0.05) is 14.1 Å². The molecular weight excluding hydrogens is 206 g/mol. The minimum absolute atomic E-state index is 0.374. The zero-order valence-electron chi connectivity index (χ0n) is 9.10. The van der Waals surface area contributed by atoms with Crippen LogP contribution in [-0.2, 0) is 13.6 Å². The fraction of sp³-hybridized carbons (Fsp3) is 0.273. The molecule has 0 fully saturated rings. The van der Waals surface area contributed by atoms with Crippen LogP contribution in [0.25, 0.3) is 11.1 Å². The van der Waals surface area contributed by atoms with E-state index in [4.69, 9.17) is 9.68 Å². The number of aromatic nitrogens is 1. The van der Waals surface area contributed by atoms with Crippen molar-refractivity contribution < 1.29 is 4.42 Å². The van der Waals surface area contributed by atoms with Crippen molar-refractivity contribution in [3.05, 3.63) is 34.3 Å². The first-order valence-corrected chi connectivity index (χ1v) is 4.81. The molecule has 0 N–H and O–H groups in total. The summed E-state index contributed by atoms with van der Waals surface area (Å²) in [4.78, 5) is 12.8. The molecule has 16 heavy (non-hydrogen) atoms. The maximum atomic E-state index is 11.3. The molecule has 0 unspecified atom stereocenters. The fourth-order valence-corrected chi connectivity index (χ4v) is 1.59. The van der Waals surface area contributed by atoms with Gasteiger partial charge in [0.2, 0.25) is 0 Å². The Bertz CT molecular complexity index is 618. The molecule has 2 aromatic rings. The number of hydrogen-bond donors (Lipinski definition) is 0. The highest BCUT2D eigenvalue weighted by molar-refractivity contribution is 5.73. The third-order valence-electron chi connectivity index (χ3n) is 2.45. The van der Waals surface area contributed by atoms with Gasteiger partial charge in [-0.05, 0) is 17.7 Å². The lowest BCUT2D eigenvalue weighted by Crippen LogP contribution is -2.10. The Kier molecular flexibility index (Phi) is 2.41. The summed E-state index contributed by atoms with van der Waals surface area (Å²) >= 11 is 0. The van der Waals surface area contributed by atoms with Gasteiger partial charge in [-0.1, -0.05) is 6.07 Å². The molecule has 5 nitrogen and oxygen atoms in total. The molecule has 0 radical (unpaired) electrons. The summed E-state index contributed by atoms with van der Waals surface area (Å²) in [6.45, 7) is 0.505. The van der Waals surface area contributed by atoms with Crippen LogP contribution in [0.1, 0.15) is 5.56 Å². The quantitative estimate of drug-likeness (QED) is 0.557. The van der Waals surface area contributed by atoms with Crippen LogP contribution in [0.4, 0.5) is 0 Å². The van der Waals surface area contributed by atoms with E-state index in [0.29, 0.717) is 12.1 Å². The minimum Gasteiger partial charge on any atom is -0.408 e. The second kappa shape index (κ2) is 3.74. The molecule has 82 valence electrons. The summed E-state index contributed by atoms with van der Waals surface area (Å²) in [5.41, 5.74) is 2.25. The van der Waals surface area contributed by atoms with Crippen LogP contribution >= 0.6 is 0 Å². The highest BCUT2D eigenvalue weighted by atomic mass is 16.4. The number of rotatable bonds is 2. The van der Waals surface area contributed by atoms with Crippen molar-refractivity contribution in [3.63, 3.8) is 0 Å². The molecule has 5 heteroatoms. The normalized spacial score (nSPS) is 10.3. The highest BCUT2D eigenvalue weighted by Crippen LogP contribution is 2.15. The van der Waals surface area contributed by atoms with E-state index in [-0.39, 0.29) is 5.76 Å². The van der Waals surface area contributed by atoms with Crippen molar-refractivity contribution >= 4 is 11.1 Å². The van der Waals surface area contributed by atoms with Gasteiger partial charge >= 0.3 is 5.76 Å². The van der Waals surface area contributed by atoms with Gasteiger partial charge < -0.3 is 9.32 Å². The van der Waals surface area contributed by atoms with Gasteiger partial charge in [-0.3, -0.25) is 4.57 Å². The average Bonchev–Trinajstić information content (AvgIpc) is 2.54. The van der Waals surface area contributed by atoms with E-state index in [1.807, 2.05) is 18.3 Å². The van der Waals surface area contributed by atoms with E-state index >= 15 is 0 Å². The van der Waals surface area contributed by atoms with Crippen LogP contribution in [0, 0.1) is 11.5 Å². The first-order valence-electron chi connectivity index (χ1n) is 4.81. The first-order chi connectivity index (χ1) is 7.61. The summed E-state index contributed by atoms with van der Waals surface area (Å²) < 4.78 is 6.51. The minimum atomic E-state index is -0.374. The molecule has 2 rings (SSSR count). The van der Waals surface area contributed by atoms with Crippen molar-refractivity contribution in [2.75, 3.05) is 7.05 Å². The molecule has 1 heterocycles. The third-order valence-corrected chi connectivity index (χ3v) is 2.45. The lowest BCUT2D eigenvalue weighted by Gasteiger charge is -2.07. The smallest absolute Gasteiger partial charge is 0.408 e. The molecule has 1 aromatic heterocycles. The Hall–Kier alpha value is -2.22. The second-order valence-corrected chi connectivity index (χ2v) is 3.69. The molecule has 0 bridgehead atoms. The molecule has 0 atom stereocenters.